The molecule has 174 valence electrons. The summed E-state index contributed by atoms with van der Waals surface area (Å²) < 4.78 is 5.71. The van der Waals surface area contributed by atoms with Gasteiger partial charge in [-0.05, 0) is 50.5 Å². The Morgan fingerprint density at radius 3 is 2.68 bits per heavy atom. The van der Waals surface area contributed by atoms with Crippen molar-refractivity contribution in [1.82, 2.24) is 15.0 Å². The molecule has 2 aromatic heterocycles. The molecule has 0 spiro atoms. The Labute approximate surface area is 201 Å². The molecule has 2 bridgehead atoms. The van der Waals surface area contributed by atoms with Crippen molar-refractivity contribution in [3.63, 3.8) is 0 Å². The fourth-order valence-electron chi connectivity index (χ4n) is 4.91. The third-order valence-electron chi connectivity index (χ3n) is 6.42. The van der Waals surface area contributed by atoms with Gasteiger partial charge in [0.2, 0.25) is 0 Å². The van der Waals surface area contributed by atoms with Crippen molar-refractivity contribution in [3.8, 4) is 6.07 Å². The monoisotopic (exact) mass is 478 g/mol. The van der Waals surface area contributed by atoms with Crippen LogP contribution in [0.2, 0.25) is 5.15 Å². The predicted octanol–water partition coefficient (Wildman–Crippen LogP) is 4.10. The molecule has 2 N–H and O–H groups in total. The molecule has 5 rings (SSSR count). The van der Waals surface area contributed by atoms with Crippen LogP contribution in [-0.4, -0.2) is 51.3 Å². The van der Waals surface area contributed by atoms with E-state index in [4.69, 9.17) is 21.3 Å². The number of fused-ring (bicyclic) bond motifs is 3. The van der Waals surface area contributed by atoms with Gasteiger partial charge in [0.05, 0.1) is 48.1 Å². The van der Waals surface area contributed by atoms with Crippen molar-refractivity contribution in [2.24, 2.45) is 0 Å². The number of pyridine rings is 1. The third kappa shape index (κ3) is 3.89. The molecular formula is C24H23ClN6O3. The van der Waals surface area contributed by atoms with Gasteiger partial charge in [-0.2, -0.15) is 5.26 Å². The molecule has 0 saturated carbocycles. The van der Waals surface area contributed by atoms with E-state index < -0.39 is 5.97 Å². The Kier molecular flexibility index (Phi) is 5.71. The fourth-order valence-corrected chi connectivity index (χ4v) is 5.06. The Morgan fingerprint density at radius 1 is 1.26 bits per heavy atom. The van der Waals surface area contributed by atoms with Crippen LogP contribution < -0.4 is 10.2 Å². The summed E-state index contributed by atoms with van der Waals surface area (Å²) in [6.45, 7) is 5.10. The molecule has 3 atom stereocenters. The highest BCUT2D eigenvalue weighted by Gasteiger charge is 2.39. The zero-order chi connectivity index (χ0) is 24.0. The lowest BCUT2D eigenvalue weighted by Crippen LogP contribution is -2.46. The number of aryl methyl sites for hydroxylation is 1. The lowest BCUT2D eigenvalue weighted by molar-refractivity contribution is 0.0691. The number of nitrogens with one attached hydrogen (secondary N) is 1. The van der Waals surface area contributed by atoms with Gasteiger partial charge in [0.1, 0.15) is 11.2 Å². The number of anilines is 2. The van der Waals surface area contributed by atoms with Crippen LogP contribution in [-0.2, 0) is 4.74 Å². The van der Waals surface area contributed by atoms with Crippen LogP contribution in [0.15, 0.2) is 24.3 Å². The van der Waals surface area contributed by atoms with Gasteiger partial charge in [0.15, 0.2) is 17.2 Å². The summed E-state index contributed by atoms with van der Waals surface area (Å²) >= 11 is 5.90. The van der Waals surface area contributed by atoms with Gasteiger partial charge < -0.3 is 20.1 Å². The van der Waals surface area contributed by atoms with E-state index in [9.17, 15) is 15.2 Å². The molecular weight excluding hydrogens is 456 g/mol. The first-order valence-electron chi connectivity index (χ1n) is 11.1. The maximum absolute atomic E-state index is 11.7. The molecule has 2 unspecified atom stereocenters. The Morgan fingerprint density at radius 2 is 2.00 bits per heavy atom. The van der Waals surface area contributed by atoms with Crippen LogP contribution in [0, 0.1) is 18.3 Å². The topological polar surface area (TPSA) is 124 Å². The number of rotatable bonds is 5. The summed E-state index contributed by atoms with van der Waals surface area (Å²) in [5.41, 5.74) is 3.60. The van der Waals surface area contributed by atoms with E-state index >= 15 is 0 Å². The van der Waals surface area contributed by atoms with Gasteiger partial charge in [-0.1, -0.05) is 17.7 Å². The van der Waals surface area contributed by atoms with Gasteiger partial charge in [0.25, 0.3) is 0 Å². The summed E-state index contributed by atoms with van der Waals surface area (Å²) in [6.07, 6.45) is 1.99. The summed E-state index contributed by atoms with van der Waals surface area (Å²) in [5, 5.41) is 22.8. The second kappa shape index (κ2) is 8.70. The number of nitriles is 1. The lowest BCUT2D eigenvalue weighted by Gasteiger charge is -2.36. The van der Waals surface area contributed by atoms with E-state index in [0.29, 0.717) is 41.4 Å². The van der Waals surface area contributed by atoms with E-state index in [2.05, 4.69) is 26.3 Å². The van der Waals surface area contributed by atoms with Gasteiger partial charge in [-0.3, -0.25) is 0 Å². The van der Waals surface area contributed by atoms with Crippen molar-refractivity contribution >= 4 is 40.1 Å². The molecule has 34 heavy (non-hydrogen) atoms. The molecule has 2 fully saturated rings. The van der Waals surface area contributed by atoms with Crippen LogP contribution in [0.3, 0.4) is 0 Å². The molecule has 3 aromatic rings. The number of aromatic carboxylic acids is 1. The maximum atomic E-state index is 11.7. The summed E-state index contributed by atoms with van der Waals surface area (Å²) in [7, 11) is 0. The fraction of sp³-hybridized carbons (Fsp3) is 0.375. The minimum absolute atomic E-state index is 0.108. The number of benzene rings is 1. The Bertz CT molecular complexity index is 1320. The number of carboxylic acids is 1. The van der Waals surface area contributed by atoms with Crippen LogP contribution in [0.5, 0.6) is 0 Å². The van der Waals surface area contributed by atoms with E-state index in [1.165, 1.54) is 0 Å². The average molecular weight is 479 g/mol. The van der Waals surface area contributed by atoms with Crippen LogP contribution in [0.1, 0.15) is 53.1 Å². The highest BCUT2D eigenvalue weighted by atomic mass is 35.5. The molecule has 9 nitrogen and oxygen atoms in total. The summed E-state index contributed by atoms with van der Waals surface area (Å²) in [6, 6.07) is 9.33. The van der Waals surface area contributed by atoms with Crippen molar-refractivity contribution in [1.29, 1.82) is 5.26 Å². The second-order valence-corrected chi connectivity index (χ2v) is 9.15. The van der Waals surface area contributed by atoms with Crippen molar-refractivity contribution in [2.45, 2.75) is 44.8 Å². The predicted molar refractivity (Wildman–Crippen MR) is 127 cm³/mol. The van der Waals surface area contributed by atoms with Gasteiger partial charge in [-0.25, -0.2) is 19.7 Å². The van der Waals surface area contributed by atoms with Gasteiger partial charge in [0, 0.05) is 5.56 Å². The van der Waals surface area contributed by atoms with E-state index in [1.54, 1.807) is 12.1 Å². The average Bonchev–Trinajstić information content (AvgIpc) is 3.05. The first kappa shape index (κ1) is 22.3. The smallest absolute Gasteiger partial charge is 0.356 e. The van der Waals surface area contributed by atoms with Crippen molar-refractivity contribution < 1.29 is 14.6 Å². The number of ether oxygens (including phenoxy) is 1. The molecule has 0 radical (unpaired) electrons. The highest BCUT2D eigenvalue weighted by Crippen LogP contribution is 2.36. The van der Waals surface area contributed by atoms with E-state index in [-0.39, 0.29) is 29.0 Å². The van der Waals surface area contributed by atoms with Crippen LogP contribution >= 0.6 is 11.6 Å². The summed E-state index contributed by atoms with van der Waals surface area (Å²) in [4.78, 5) is 27.5. The van der Waals surface area contributed by atoms with Crippen molar-refractivity contribution in [3.05, 3.63) is 51.9 Å². The standard InChI is InChI=1S/C24H23ClN6O3/c1-12-7-16(13(2)27-17-5-6-20(25)29-22(17)24(32)33)21-18(8-12)28-19(9-26)23(30-21)31-14-3-4-15(31)11-34-10-14/h5-8,13-15,27H,3-4,10-11H2,1-2H3,(H,32,33)/t13-,14?,15?/m1/s1. The zero-order valence-corrected chi connectivity index (χ0v) is 19.5. The maximum Gasteiger partial charge on any atom is 0.356 e. The minimum Gasteiger partial charge on any atom is -0.476 e. The Hall–Kier alpha value is -3.48. The zero-order valence-electron chi connectivity index (χ0n) is 18.7. The first-order valence-corrected chi connectivity index (χ1v) is 11.5. The van der Waals surface area contributed by atoms with Gasteiger partial charge >= 0.3 is 5.97 Å². The molecule has 2 aliphatic heterocycles. The van der Waals surface area contributed by atoms with Crippen LogP contribution in [0.4, 0.5) is 11.5 Å². The number of morpholine rings is 1. The number of hydrogen-bond donors (Lipinski definition) is 2. The van der Waals surface area contributed by atoms with E-state index in [1.807, 2.05) is 26.0 Å². The molecule has 2 saturated heterocycles. The van der Waals surface area contributed by atoms with Gasteiger partial charge in [-0.15, -0.1) is 0 Å². The minimum atomic E-state index is -1.17. The van der Waals surface area contributed by atoms with Crippen molar-refractivity contribution in [2.75, 3.05) is 23.4 Å². The Balaban J connectivity index is 1.60. The van der Waals surface area contributed by atoms with E-state index in [0.717, 1.165) is 24.0 Å². The third-order valence-corrected chi connectivity index (χ3v) is 6.63. The second-order valence-electron chi connectivity index (χ2n) is 8.76. The molecule has 0 amide bonds. The first-order chi connectivity index (χ1) is 16.4. The molecule has 1 aromatic carbocycles. The highest BCUT2D eigenvalue weighted by molar-refractivity contribution is 6.29. The number of hydrogen-bond acceptors (Lipinski definition) is 8. The number of halogens is 1. The number of carbonyl (C=O) groups is 1. The quantitative estimate of drug-likeness (QED) is 0.521. The largest absolute Gasteiger partial charge is 0.476 e. The molecule has 10 heteroatoms. The molecule has 0 aliphatic carbocycles. The lowest BCUT2D eigenvalue weighted by atomic mass is 10.0. The normalized spacial score (nSPS) is 20.2. The molecule has 2 aliphatic rings. The number of nitrogens with zero attached hydrogens (tertiary/aromatic N) is 5. The summed E-state index contributed by atoms with van der Waals surface area (Å²) in [5.74, 6) is -0.586. The number of aromatic nitrogens is 3. The molecule has 4 heterocycles. The number of carboxylic acid groups (broad SMARTS) is 1. The SMILES string of the molecule is Cc1cc([C@@H](C)Nc2ccc(Cl)nc2C(=O)O)c2nc(N3C4CCC3COC4)c(C#N)nc2c1. The van der Waals surface area contributed by atoms with Crippen LogP contribution in [0.25, 0.3) is 11.0 Å².